The van der Waals surface area contributed by atoms with Crippen LogP contribution in [0.15, 0.2) is 18.2 Å². The molecule has 0 aliphatic rings. The third kappa shape index (κ3) is 6.17. The molecule has 0 fully saturated rings. The lowest BCUT2D eigenvalue weighted by atomic mass is 10.0. The normalized spacial score (nSPS) is 12.0. The van der Waals surface area contributed by atoms with Crippen molar-refractivity contribution >= 4 is 5.91 Å². The Kier molecular flexibility index (Phi) is 7.83. The van der Waals surface area contributed by atoms with Crippen molar-refractivity contribution in [3.8, 4) is 5.75 Å². The number of nitrogens with one attached hydrogen (secondary N) is 1. The maximum atomic E-state index is 11.9. The number of amides is 1. The van der Waals surface area contributed by atoms with Crippen LogP contribution in [0.2, 0.25) is 0 Å². The fourth-order valence-corrected chi connectivity index (χ4v) is 2.41. The quantitative estimate of drug-likeness (QED) is 0.736. The van der Waals surface area contributed by atoms with E-state index in [1.54, 1.807) is 0 Å². The van der Waals surface area contributed by atoms with E-state index in [0.29, 0.717) is 12.5 Å². The standard InChI is InChI=1S/C17H27NO3/c1-4-6-15(9-10-19)11-18-16(20)12-21-17-13(2)7-5-8-14(17)3/h5,7-8,15,19H,4,6,9-12H2,1-3H3,(H,18,20). The van der Waals surface area contributed by atoms with Crippen molar-refractivity contribution in [1.82, 2.24) is 5.32 Å². The molecule has 0 saturated carbocycles. The number of aliphatic hydroxyl groups excluding tert-OH is 1. The molecule has 1 amide bonds. The highest BCUT2D eigenvalue weighted by molar-refractivity contribution is 5.77. The summed E-state index contributed by atoms with van der Waals surface area (Å²) in [6.07, 6.45) is 2.80. The monoisotopic (exact) mass is 293 g/mol. The second kappa shape index (κ2) is 9.40. The molecule has 0 spiro atoms. The molecule has 0 aromatic heterocycles. The zero-order chi connectivity index (χ0) is 15.7. The predicted molar refractivity (Wildman–Crippen MR) is 84.5 cm³/mol. The lowest BCUT2D eigenvalue weighted by molar-refractivity contribution is -0.123. The van der Waals surface area contributed by atoms with Gasteiger partial charge in [-0.25, -0.2) is 0 Å². The predicted octanol–water partition coefficient (Wildman–Crippen LogP) is 2.60. The molecule has 1 aromatic rings. The van der Waals surface area contributed by atoms with Gasteiger partial charge in [0.2, 0.25) is 0 Å². The Morgan fingerprint density at radius 2 is 1.95 bits per heavy atom. The van der Waals surface area contributed by atoms with Crippen LogP contribution in [0.25, 0.3) is 0 Å². The highest BCUT2D eigenvalue weighted by Crippen LogP contribution is 2.22. The highest BCUT2D eigenvalue weighted by atomic mass is 16.5. The van der Waals surface area contributed by atoms with Crippen LogP contribution in [0.5, 0.6) is 5.75 Å². The lowest BCUT2D eigenvalue weighted by Crippen LogP contribution is -2.33. The van der Waals surface area contributed by atoms with E-state index in [1.165, 1.54) is 0 Å². The molecule has 0 bridgehead atoms. The fourth-order valence-electron chi connectivity index (χ4n) is 2.41. The average Bonchev–Trinajstić information content (AvgIpc) is 2.44. The summed E-state index contributed by atoms with van der Waals surface area (Å²) >= 11 is 0. The van der Waals surface area contributed by atoms with Gasteiger partial charge in [0, 0.05) is 13.2 Å². The number of ether oxygens (including phenoxy) is 1. The van der Waals surface area contributed by atoms with Crippen LogP contribution in [0.4, 0.5) is 0 Å². The molecule has 1 atom stereocenters. The molecule has 2 N–H and O–H groups in total. The highest BCUT2D eigenvalue weighted by Gasteiger charge is 2.11. The molecule has 21 heavy (non-hydrogen) atoms. The van der Waals surface area contributed by atoms with Crippen molar-refractivity contribution < 1.29 is 14.6 Å². The number of rotatable bonds is 9. The first-order chi connectivity index (χ1) is 10.1. The van der Waals surface area contributed by atoms with E-state index in [4.69, 9.17) is 9.84 Å². The van der Waals surface area contributed by atoms with Crippen LogP contribution in [0.3, 0.4) is 0 Å². The van der Waals surface area contributed by atoms with Crippen LogP contribution >= 0.6 is 0 Å². The number of aryl methyl sites for hydroxylation is 2. The summed E-state index contributed by atoms with van der Waals surface area (Å²) in [6.45, 7) is 6.85. The Labute approximate surface area is 127 Å². The van der Waals surface area contributed by atoms with Crippen molar-refractivity contribution in [1.29, 1.82) is 0 Å². The van der Waals surface area contributed by atoms with E-state index in [-0.39, 0.29) is 19.1 Å². The number of hydrogen-bond acceptors (Lipinski definition) is 3. The lowest BCUT2D eigenvalue weighted by Gasteiger charge is -2.16. The third-order valence-electron chi connectivity index (χ3n) is 3.58. The molecule has 0 aliphatic heterocycles. The number of aliphatic hydroxyl groups is 1. The SMILES string of the molecule is CCCC(CCO)CNC(=O)COc1c(C)cccc1C. The Hall–Kier alpha value is -1.55. The van der Waals surface area contributed by atoms with Gasteiger partial charge in [0.1, 0.15) is 5.75 Å². The van der Waals surface area contributed by atoms with Crippen LogP contribution in [-0.4, -0.2) is 30.8 Å². The van der Waals surface area contributed by atoms with Gasteiger partial charge in [0.15, 0.2) is 6.61 Å². The zero-order valence-electron chi connectivity index (χ0n) is 13.3. The largest absolute Gasteiger partial charge is 0.483 e. The van der Waals surface area contributed by atoms with Gasteiger partial charge in [0.25, 0.3) is 5.91 Å². The van der Waals surface area contributed by atoms with Gasteiger partial charge in [-0.15, -0.1) is 0 Å². The molecule has 0 aliphatic carbocycles. The Morgan fingerprint density at radius 1 is 1.29 bits per heavy atom. The Balaban J connectivity index is 2.40. The van der Waals surface area contributed by atoms with Crippen molar-refractivity contribution in [2.45, 2.75) is 40.0 Å². The summed E-state index contributed by atoms with van der Waals surface area (Å²) in [5.41, 5.74) is 2.07. The number of benzene rings is 1. The van der Waals surface area contributed by atoms with Crippen molar-refractivity contribution in [3.63, 3.8) is 0 Å². The molecular formula is C17H27NO3. The molecule has 118 valence electrons. The molecule has 1 unspecified atom stereocenters. The number of carbonyl (C=O) groups excluding carboxylic acids is 1. The minimum atomic E-state index is -0.114. The summed E-state index contributed by atoms with van der Waals surface area (Å²) in [7, 11) is 0. The summed E-state index contributed by atoms with van der Waals surface area (Å²) in [4.78, 5) is 11.9. The first kappa shape index (κ1) is 17.5. The van der Waals surface area contributed by atoms with Crippen molar-refractivity contribution in [2.24, 2.45) is 5.92 Å². The number of hydrogen-bond donors (Lipinski definition) is 2. The van der Waals surface area contributed by atoms with E-state index in [9.17, 15) is 4.79 Å². The Bertz CT molecular complexity index is 419. The molecule has 4 nitrogen and oxygen atoms in total. The molecule has 0 saturated heterocycles. The minimum absolute atomic E-state index is 0.0314. The van der Waals surface area contributed by atoms with Crippen LogP contribution in [0.1, 0.15) is 37.3 Å². The van der Waals surface area contributed by atoms with Crippen LogP contribution in [0, 0.1) is 19.8 Å². The maximum Gasteiger partial charge on any atom is 0.257 e. The van der Waals surface area contributed by atoms with Gasteiger partial charge in [-0.3, -0.25) is 4.79 Å². The second-order valence-corrected chi connectivity index (χ2v) is 5.48. The second-order valence-electron chi connectivity index (χ2n) is 5.48. The van der Waals surface area contributed by atoms with Gasteiger partial charge >= 0.3 is 0 Å². The van der Waals surface area contributed by atoms with Gasteiger partial charge < -0.3 is 15.2 Å². The fraction of sp³-hybridized carbons (Fsp3) is 0.588. The van der Waals surface area contributed by atoms with Crippen LogP contribution < -0.4 is 10.1 Å². The van der Waals surface area contributed by atoms with Gasteiger partial charge in [-0.2, -0.15) is 0 Å². The van der Waals surface area contributed by atoms with E-state index in [0.717, 1.165) is 36.1 Å². The van der Waals surface area contributed by atoms with Gasteiger partial charge in [-0.1, -0.05) is 31.5 Å². The van der Waals surface area contributed by atoms with E-state index in [1.807, 2.05) is 32.0 Å². The van der Waals surface area contributed by atoms with Gasteiger partial charge in [0.05, 0.1) is 0 Å². The molecule has 1 rings (SSSR count). The first-order valence-electron chi connectivity index (χ1n) is 7.65. The van der Waals surface area contributed by atoms with Crippen molar-refractivity contribution in [2.75, 3.05) is 19.8 Å². The summed E-state index contributed by atoms with van der Waals surface area (Å²) in [5.74, 6) is 1.01. The van der Waals surface area contributed by atoms with Crippen LogP contribution in [-0.2, 0) is 4.79 Å². The molecule has 0 radical (unpaired) electrons. The smallest absolute Gasteiger partial charge is 0.257 e. The topological polar surface area (TPSA) is 58.6 Å². The third-order valence-corrected chi connectivity index (χ3v) is 3.58. The van der Waals surface area contributed by atoms with E-state index >= 15 is 0 Å². The summed E-state index contributed by atoms with van der Waals surface area (Å²) < 4.78 is 5.62. The summed E-state index contributed by atoms with van der Waals surface area (Å²) in [5, 5.41) is 11.9. The molecule has 0 heterocycles. The number of carbonyl (C=O) groups is 1. The van der Waals surface area contributed by atoms with E-state index < -0.39 is 0 Å². The molecule has 1 aromatic carbocycles. The number of para-hydroxylation sites is 1. The molecular weight excluding hydrogens is 266 g/mol. The van der Waals surface area contributed by atoms with E-state index in [2.05, 4.69) is 12.2 Å². The average molecular weight is 293 g/mol. The van der Waals surface area contributed by atoms with Gasteiger partial charge in [-0.05, 0) is 43.7 Å². The van der Waals surface area contributed by atoms with Crippen molar-refractivity contribution in [3.05, 3.63) is 29.3 Å². The minimum Gasteiger partial charge on any atom is -0.483 e. The first-order valence-corrected chi connectivity index (χ1v) is 7.65. The Morgan fingerprint density at radius 3 is 2.52 bits per heavy atom. The zero-order valence-corrected chi connectivity index (χ0v) is 13.3. The molecule has 4 heteroatoms. The summed E-state index contributed by atoms with van der Waals surface area (Å²) in [6, 6.07) is 5.92. The maximum absolute atomic E-state index is 11.9.